The van der Waals surface area contributed by atoms with Crippen molar-refractivity contribution in [1.29, 1.82) is 0 Å². The standard InChI is InChI=1S/C18H17IN2O2/c1-5-12-10-13(19)6-8-15(12)20-18-14(17(23)11(2)3)7-9-16(22)21(18)4/h5-10,20H,1-2H2,3-4H3. The normalized spacial score (nSPS) is 10.2. The molecule has 0 amide bonds. The number of benzene rings is 1. The number of Topliss-reactive ketones (excluding diaryl/α,β-unsaturated/α-hetero) is 1. The van der Waals surface area contributed by atoms with Gasteiger partial charge < -0.3 is 5.32 Å². The molecule has 2 aromatic rings. The van der Waals surface area contributed by atoms with E-state index in [0.717, 1.165) is 14.8 Å². The maximum Gasteiger partial charge on any atom is 0.251 e. The van der Waals surface area contributed by atoms with Gasteiger partial charge in [0, 0.05) is 22.4 Å². The molecule has 0 unspecified atom stereocenters. The van der Waals surface area contributed by atoms with Gasteiger partial charge in [0.25, 0.3) is 5.56 Å². The zero-order chi connectivity index (χ0) is 17.1. The van der Waals surface area contributed by atoms with Crippen LogP contribution in [0.5, 0.6) is 0 Å². The van der Waals surface area contributed by atoms with E-state index in [1.165, 1.54) is 16.7 Å². The zero-order valence-corrected chi connectivity index (χ0v) is 15.2. The summed E-state index contributed by atoms with van der Waals surface area (Å²) < 4.78 is 2.49. The van der Waals surface area contributed by atoms with Crippen LogP contribution in [0.4, 0.5) is 11.5 Å². The molecule has 5 heteroatoms. The maximum atomic E-state index is 12.4. The fourth-order valence-electron chi connectivity index (χ4n) is 2.14. The molecule has 0 aliphatic rings. The Balaban J connectivity index is 2.61. The number of carbonyl (C=O) groups is 1. The lowest BCUT2D eigenvalue weighted by Crippen LogP contribution is -2.22. The van der Waals surface area contributed by atoms with Crippen LogP contribution in [-0.4, -0.2) is 10.4 Å². The van der Waals surface area contributed by atoms with E-state index in [1.807, 2.05) is 18.2 Å². The number of allylic oxidation sites excluding steroid dienone is 1. The Morgan fingerprint density at radius 1 is 1.30 bits per heavy atom. The highest BCUT2D eigenvalue weighted by Gasteiger charge is 2.16. The van der Waals surface area contributed by atoms with Crippen LogP contribution in [0.25, 0.3) is 6.08 Å². The molecule has 1 N–H and O–H groups in total. The number of nitrogens with zero attached hydrogens (tertiary/aromatic N) is 1. The molecule has 0 fully saturated rings. The molecule has 0 atom stereocenters. The summed E-state index contributed by atoms with van der Waals surface area (Å²) in [6, 6.07) is 8.71. The number of rotatable bonds is 5. The third-order valence-corrected chi connectivity index (χ3v) is 4.10. The number of nitrogens with one attached hydrogen (secondary N) is 1. The molecule has 0 saturated heterocycles. The minimum absolute atomic E-state index is 0.198. The van der Waals surface area contributed by atoms with Crippen molar-refractivity contribution < 1.29 is 4.79 Å². The summed E-state index contributed by atoms with van der Waals surface area (Å²) in [5, 5.41) is 3.19. The molecule has 0 radical (unpaired) electrons. The maximum absolute atomic E-state index is 12.4. The lowest BCUT2D eigenvalue weighted by Gasteiger charge is -2.17. The number of pyridine rings is 1. The Bertz CT molecular complexity index is 866. The summed E-state index contributed by atoms with van der Waals surface area (Å²) in [5.41, 5.74) is 2.29. The minimum atomic E-state index is -0.200. The van der Waals surface area contributed by atoms with Gasteiger partial charge in [-0.15, -0.1) is 0 Å². The quantitative estimate of drug-likeness (QED) is 0.450. The molecule has 0 bridgehead atoms. The second-order valence-corrected chi connectivity index (χ2v) is 6.41. The Morgan fingerprint density at radius 3 is 2.61 bits per heavy atom. The van der Waals surface area contributed by atoms with Crippen LogP contribution in [0.1, 0.15) is 22.8 Å². The Kier molecular flexibility index (Phi) is 5.20. The highest BCUT2D eigenvalue weighted by Crippen LogP contribution is 2.26. The van der Waals surface area contributed by atoms with E-state index < -0.39 is 0 Å². The van der Waals surface area contributed by atoms with Crippen LogP contribution < -0.4 is 10.9 Å². The van der Waals surface area contributed by atoms with E-state index in [9.17, 15) is 9.59 Å². The molecule has 4 nitrogen and oxygen atoms in total. The van der Waals surface area contributed by atoms with E-state index in [1.54, 1.807) is 20.0 Å². The Morgan fingerprint density at radius 2 is 2.00 bits per heavy atom. The average molecular weight is 420 g/mol. The molecule has 118 valence electrons. The van der Waals surface area contributed by atoms with Crippen molar-refractivity contribution in [2.45, 2.75) is 6.92 Å². The summed E-state index contributed by atoms with van der Waals surface area (Å²) in [4.78, 5) is 24.3. The van der Waals surface area contributed by atoms with Gasteiger partial charge in [0.2, 0.25) is 0 Å². The molecule has 0 spiro atoms. The van der Waals surface area contributed by atoms with Crippen molar-refractivity contribution >= 4 is 46.0 Å². The van der Waals surface area contributed by atoms with Gasteiger partial charge >= 0.3 is 0 Å². The van der Waals surface area contributed by atoms with Gasteiger partial charge in [-0.05, 0) is 64.9 Å². The van der Waals surface area contributed by atoms with E-state index >= 15 is 0 Å². The summed E-state index contributed by atoms with van der Waals surface area (Å²) in [7, 11) is 1.63. The topological polar surface area (TPSA) is 51.1 Å². The first kappa shape index (κ1) is 17.2. The molecule has 0 aliphatic carbocycles. The molecule has 0 saturated carbocycles. The smallest absolute Gasteiger partial charge is 0.251 e. The fourth-order valence-corrected chi connectivity index (χ4v) is 2.66. The second kappa shape index (κ2) is 6.95. The second-order valence-electron chi connectivity index (χ2n) is 5.16. The van der Waals surface area contributed by atoms with Crippen LogP contribution in [-0.2, 0) is 7.05 Å². The largest absolute Gasteiger partial charge is 0.340 e. The van der Waals surface area contributed by atoms with Crippen molar-refractivity contribution in [3.8, 4) is 0 Å². The van der Waals surface area contributed by atoms with Crippen LogP contribution in [0, 0.1) is 3.57 Å². The first-order valence-corrected chi connectivity index (χ1v) is 8.02. The molecule has 0 aliphatic heterocycles. The van der Waals surface area contributed by atoms with Gasteiger partial charge in [-0.3, -0.25) is 14.2 Å². The van der Waals surface area contributed by atoms with E-state index in [0.29, 0.717) is 17.0 Å². The molecular formula is C18H17IN2O2. The molecule has 1 aromatic heterocycles. The number of aromatic nitrogens is 1. The van der Waals surface area contributed by atoms with Crippen molar-refractivity contribution in [2.75, 3.05) is 5.32 Å². The van der Waals surface area contributed by atoms with Crippen LogP contribution in [0.15, 0.2) is 53.9 Å². The monoisotopic (exact) mass is 420 g/mol. The van der Waals surface area contributed by atoms with E-state index in [-0.39, 0.29) is 11.3 Å². The Hall–Kier alpha value is -2.15. The minimum Gasteiger partial charge on any atom is -0.340 e. The van der Waals surface area contributed by atoms with Crippen LogP contribution >= 0.6 is 22.6 Å². The summed E-state index contributed by atoms with van der Waals surface area (Å²) in [6.07, 6.45) is 1.73. The molecule has 2 rings (SSSR count). The van der Waals surface area contributed by atoms with Crippen LogP contribution in [0.2, 0.25) is 0 Å². The van der Waals surface area contributed by atoms with Crippen molar-refractivity contribution in [3.05, 3.63) is 74.1 Å². The number of halogens is 1. The lowest BCUT2D eigenvalue weighted by atomic mass is 10.1. The van der Waals surface area contributed by atoms with Gasteiger partial charge in [0.05, 0.1) is 5.56 Å². The van der Waals surface area contributed by atoms with Gasteiger partial charge in [-0.2, -0.15) is 0 Å². The number of ketones is 1. The summed E-state index contributed by atoms with van der Waals surface area (Å²) in [6.45, 7) is 9.15. The van der Waals surface area contributed by atoms with Gasteiger partial charge in [-0.1, -0.05) is 19.2 Å². The van der Waals surface area contributed by atoms with Gasteiger partial charge in [-0.25, -0.2) is 0 Å². The van der Waals surface area contributed by atoms with Crippen molar-refractivity contribution in [2.24, 2.45) is 7.05 Å². The van der Waals surface area contributed by atoms with E-state index in [2.05, 4.69) is 41.1 Å². The van der Waals surface area contributed by atoms with Crippen molar-refractivity contribution in [3.63, 3.8) is 0 Å². The zero-order valence-electron chi connectivity index (χ0n) is 13.0. The number of hydrogen-bond acceptors (Lipinski definition) is 3. The SMILES string of the molecule is C=Cc1cc(I)ccc1Nc1c(C(=O)C(=C)C)ccc(=O)n1C. The highest BCUT2D eigenvalue weighted by molar-refractivity contribution is 14.1. The number of anilines is 2. The lowest BCUT2D eigenvalue weighted by molar-refractivity contribution is 0.103. The number of hydrogen-bond donors (Lipinski definition) is 1. The third kappa shape index (κ3) is 3.61. The van der Waals surface area contributed by atoms with Gasteiger partial charge in [0.1, 0.15) is 5.82 Å². The molecule has 23 heavy (non-hydrogen) atoms. The fraction of sp³-hybridized carbons (Fsp3) is 0.111. The average Bonchev–Trinajstić information content (AvgIpc) is 2.52. The van der Waals surface area contributed by atoms with E-state index in [4.69, 9.17) is 0 Å². The third-order valence-electron chi connectivity index (χ3n) is 3.43. The van der Waals surface area contributed by atoms with Gasteiger partial charge in [0.15, 0.2) is 5.78 Å². The first-order chi connectivity index (χ1) is 10.8. The Labute approximate surface area is 148 Å². The molecule has 1 aromatic carbocycles. The number of carbonyl (C=O) groups excluding carboxylic acids is 1. The summed E-state index contributed by atoms with van der Waals surface area (Å²) >= 11 is 2.22. The highest BCUT2D eigenvalue weighted by atomic mass is 127. The summed E-state index contributed by atoms with van der Waals surface area (Å²) in [5.74, 6) is 0.239. The predicted molar refractivity (Wildman–Crippen MR) is 103 cm³/mol. The van der Waals surface area contributed by atoms with Crippen LogP contribution in [0.3, 0.4) is 0 Å². The predicted octanol–water partition coefficient (Wildman–Crippen LogP) is 4.14. The van der Waals surface area contributed by atoms with Crippen molar-refractivity contribution in [1.82, 2.24) is 4.57 Å². The first-order valence-electron chi connectivity index (χ1n) is 6.94. The molecular weight excluding hydrogens is 403 g/mol. The molecule has 1 heterocycles.